The van der Waals surface area contributed by atoms with Crippen molar-refractivity contribution in [1.29, 1.82) is 0 Å². The van der Waals surface area contributed by atoms with Crippen molar-refractivity contribution >= 4 is 34.7 Å². The zero-order chi connectivity index (χ0) is 21.0. The molecule has 2 saturated heterocycles. The summed E-state index contributed by atoms with van der Waals surface area (Å²) in [5, 5.41) is 11.5. The molecular formula is C21H26N2O5S. The van der Waals surface area contributed by atoms with E-state index in [1.54, 1.807) is 0 Å². The van der Waals surface area contributed by atoms with Crippen molar-refractivity contribution in [3.63, 3.8) is 0 Å². The lowest BCUT2D eigenvalue weighted by Crippen LogP contribution is -2.54. The van der Waals surface area contributed by atoms with Crippen molar-refractivity contribution in [3.8, 4) is 0 Å². The summed E-state index contributed by atoms with van der Waals surface area (Å²) < 4.78 is 0. The highest BCUT2D eigenvalue weighted by atomic mass is 32.2. The van der Waals surface area contributed by atoms with Crippen LogP contribution in [0.25, 0.3) is 0 Å². The van der Waals surface area contributed by atoms with Gasteiger partial charge >= 0.3 is 5.97 Å². The monoisotopic (exact) mass is 418 g/mol. The highest BCUT2D eigenvalue weighted by Gasteiger charge is 2.45. The van der Waals surface area contributed by atoms with Gasteiger partial charge in [0, 0.05) is 13.0 Å². The Morgan fingerprint density at radius 1 is 1.17 bits per heavy atom. The molecule has 1 aromatic rings. The maximum Gasteiger partial charge on any atom is 0.326 e. The zero-order valence-electron chi connectivity index (χ0n) is 16.4. The Hall–Kier alpha value is -2.35. The number of hydrogen-bond donors (Lipinski definition) is 2. The van der Waals surface area contributed by atoms with E-state index < -0.39 is 23.3 Å². The van der Waals surface area contributed by atoms with Gasteiger partial charge in [-0.15, -0.1) is 0 Å². The number of rotatable bonds is 6. The van der Waals surface area contributed by atoms with Gasteiger partial charge in [0.15, 0.2) is 5.12 Å². The number of fused-ring (bicyclic) bond motifs is 1. The molecule has 1 aromatic carbocycles. The molecule has 3 rings (SSSR count). The first-order valence-corrected chi connectivity index (χ1v) is 10.8. The first-order chi connectivity index (χ1) is 13.9. The second-order valence-corrected chi connectivity index (χ2v) is 8.99. The lowest BCUT2D eigenvalue weighted by atomic mass is 10.1. The van der Waals surface area contributed by atoms with Crippen LogP contribution >= 0.6 is 11.8 Å². The number of benzene rings is 1. The first kappa shape index (κ1) is 21.4. The normalized spacial score (nSPS) is 25.1. The third kappa shape index (κ3) is 5.18. The van der Waals surface area contributed by atoms with Gasteiger partial charge in [0.1, 0.15) is 12.1 Å². The summed E-state index contributed by atoms with van der Waals surface area (Å²) in [6.07, 6.45) is 3.48. The molecule has 156 valence electrons. The van der Waals surface area contributed by atoms with Gasteiger partial charge in [-0.2, -0.15) is 0 Å². The van der Waals surface area contributed by atoms with E-state index in [2.05, 4.69) is 5.32 Å². The number of thioether (sulfide) groups is 1. The maximum atomic E-state index is 13.1. The number of carboxylic acids is 1. The average Bonchev–Trinajstić information content (AvgIpc) is 3.04. The molecule has 0 saturated carbocycles. The number of nitrogens with zero attached hydrogens (tertiary/aromatic N) is 1. The van der Waals surface area contributed by atoms with Crippen LogP contribution in [0.3, 0.4) is 0 Å². The molecule has 2 amide bonds. The molecule has 0 unspecified atom stereocenters. The molecule has 7 nitrogen and oxygen atoms in total. The van der Waals surface area contributed by atoms with Gasteiger partial charge in [0.25, 0.3) is 0 Å². The third-order valence-corrected chi connectivity index (χ3v) is 6.55. The minimum atomic E-state index is -0.998. The zero-order valence-corrected chi connectivity index (χ0v) is 17.2. The van der Waals surface area contributed by atoms with E-state index >= 15 is 0 Å². The standard InChI is InChI=1S/C21H26N2O5S/c1-13(24)29-18(12-14-6-3-2-4-7-14)19(25)22-16-9-5-8-15-10-11-17(21(27)28)23(15)20(16)26/h2-4,6-7,15-18H,5,8-12H2,1H3,(H,22,25)(H,27,28)/t15-,16-,17-,18-/m1/s1. The van der Waals surface area contributed by atoms with Gasteiger partial charge in [-0.25, -0.2) is 4.79 Å². The Morgan fingerprint density at radius 3 is 2.55 bits per heavy atom. The minimum absolute atomic E-state index is 0.0720. The molecule has 0 spiro atoms. The van der Waals surface area contributed by atoms with E-state index in [0.717, 1.165) is 30.2 Å². The third-order valence-electron chi connectivity index (χ3n) is 5.55. The predicted octanol–water partition coefficient (Wildman–Crippen LogP) is 1.99. The number of amides is 2. The van der Waals surface area contributed by atoms with Gasteiger partial charge in [0.2, 0.25) is 11.8 Å². The van der Waals surface area contributed by atoms with E-state index in [-0.39, 0.29) is 23.0 Å². The highest BCUT2D eigenvalue weighted by molar-refractivity contribution is 8.14. The molecule has 8 heteroatoms. The molecule has 2 N–H and O–H groups in total. The van der Waals surface area contributed by atoms with Gasteiger partial charge in [0.05, 0.1) is 5.25 Å². The van der Waals surface area contributed by atoms with Crippen LogP contribution in [0, 0.1) is 0 Å². The van der Waals surface area contributed by atoms with Crippen molar-refractivity contribution in [2.75, 3.05) is 0 Å². The molecule has 2 aliphatic heterocycles. The molecule has 4 atom stereocenters. The molecular weight excluding hydrogens is 392 g/mol. The van der Waals surface area contributed by atoms with Crippen molar-refractivity contribution in [1.82, 2.24) is 10.2 Å². The fourth-order valence-electron chi connectivity index (χ4n) is 4.22. The quantitative estimate of drug-likeness (QED) is 0.732. The van der Waals surface area contributed by atoms with E-state index in [1.807, 2.05) is 30.3 Å². The Balaban J connectivity index is 1.73. The second kappa shape index (κ2) is 9.43. The number of hydrogen-bond acceptors (Lipinski definition) is 5. The molecule has 0 aromatic heterocycles. The van der Waals surface area contributed by atoms with Crippen LogP contribution in [0.2, 0.25) is 0 Å². The van der Waals surface area contributed by atoms with E-state index in [9.17, 15) is 24.3 Å². The fraction of sp³-hybridized carbons (Fsp3) is 0.524. The van der Waals surface area contributed by atoms with Crippen LogP contribution in [-0.2, 0) is 25.6 Å². The number of carboxylic acid groups (broad SMARTS) is 1. The van der Waals surface area contributed by atoms with Crippen LogP contribution in [0.1, 0.15) is 44.6 Å². The van der Waals surface area contributed by atoms with Crippen LogP contribution in [-0.4, -0.2) is 56.3 Å². The molecule has 2 heterocycles. The lowest BCUT2D eigenvalue weighted by Gasteiger charge is -2.29. The topological polar surface area (TPSA) is 104 Å². The molecule has 0 aliphatic carbocycles. The van der Waals surface area contributed by atoms with Crippen LogP contribution in [0.4, 0.5) is 0 Å². The molecule has 0 radical (unpaired) electrons. The summed E-state index contributed by atoms with van der Waals surface area (Å²) >= 11 is 0.952. The largest absolute Gasteiger partial charge is 0.480 e. The number of nitrogens with one attached hydrogen (secondary N) is 1. The highest BCUT2D eigenvalue weighted by Crippen LogP contribution is 2.32. The summed E-state index contributed by atoms with van der Waals surface area (Å²) in [6.45, 7) is 1.42. The number of carbonyl (C=O) groups is 4. The average molecular weight is 419 g/mol. The SMILES string of the molecule is CC(=O)S[C@H](Cc1ccccc1)C(=O)N[C@@H]1CCC[C@@H]2CC[C@H](C(=O)O)N2C1=O. The first-order valence-electron chi connectivity index (χ1n) is 9.93. The summed E-state index contributed by atoms with van der Waals surface area (Å²) in [6, 6.07) is 7.77. The van der Waals surface area contributed by atoms with Crippen molar-refractivity contribution < 1.29 is 24.3 Å². The molecule has 2 fully saturated rings. The van der Waals surface area contributed by atoms with Gasteiger partial charge in [-0.1, -0.05) is 42.1 Å². The van der Waals surface area contributed by atoms with E-state index in [1.165, 1.54) is 11.8 Å². The summed E-state index contributed by atoms with van der Waals surface area (Å²) in [5.74, 6) is -1.68. The predicted molar refractivity (Wildman–Crippen MR) is 109 cm³/mol. The van der Waals surface area contributed by atoms with E-state index in [4.69, 9.17) is 0 Å². The summed E-state index contributed by atoms with van der Waals surface area (Å²) in [5.41, 5.74) is 0.930. The van der Waals surface area contributed by atoms with Gasteiger partial charge in [-0.05, 0) is 44.1 Å². The molecule has 2 aliphatic rings. The number of carbonyl (C=O) groups excluding carboxylic acids is 3. The Kier molecular flexibility index (Phi) is 6.95. The van der Waals surface area contributed by atoms with Crippen molar-refractivity contribution in [3.05, 3.63) is 35.9 Å². The van der Waals surface area contributed by atoms with Crippen molar-refractivity contribution in [2.45, 2.75) is 68.8 Å². The Bertz CT molecular complexity index is 785. The summed E-state index contributed by atoms with van der Waals surface area (Å²) in [4.78, 5) is 50.7. The molecule has 29 heavy (non-hydrogen) atoms. The number of aliphatic carboxylic acids is 1. The summed E-state index contributed by atoms with van der Waals surface area (Å²) in [7, 11) is 0. The Morgan fingerprint density at radius 2 is 1.90 bits per heavy atom. The smallest absolute Gasteiger partial charge is 0.326 e. The van der Waals surface area contributed by atoms with E-state index in [0.29, 0.717) is 25.7 Å². The van der Waals surface area contributed by atoms with Gasteiger partial charge in [-0.3, -0.25) is 14.4 Å². The lowest BCUT2D eigenvalue weighted by molar-refractivity contribution is -0.150. The van der Waals surface area contributed by atoms with Crippen LogP contribution in [0.5, 0.6) is 0 Å². The molecule has 0 bridgehead atoms. The fourth-order valence-corrected chi connectivity index (χ4v) is 5.07. The van der Waals surface area contributed by atoms with Gasteiger partial charge < -0.3 is 15.3 Å². The second-order valence-electron chi connectivity index (χ2n) is 7.61. The Labute approximate surface area is 174 Å². The minimum Gasteiger partial charge on any atom is -0.480 e. The van der Waals surface area contributed by atoms with Crippen LogP contribution in [0.15, 0.2) is 30.3 Å². The van der Waals surface area contributed by atoms with Crippen LogP contribution < -0.4 is 5.32 Å². The maximum absolute atomic E-state index is 13.1. The van der Waals surface area contributed by atoms with Crippen molar-refractivity contribution in [2.24, 2.45) is 0 Å².